The van der Waals surface area contributed by atoms with Crippen molar-refractivity contribution in [3.63, 3.8) is 0 Å². The van der Waals surface area contributed by atoms with Crippen molar-refractivity contribution >= 4 is 33.2 Å². The largest absolute Gasteiger partial charge is 0.476 e. The van der Waals surface area contributed by atoms with Gasteiger partial charge in [0.05, 0.1) is 16.0 Å². The van der Waals surface area contributed by atoms with E-state index >= 15 is 0 Å². The Labute approximate surface area is 110 Å². The minimum atomic E-state index is -1.03. The maximum atomic E-state index is 10.9. The van der Waals surface area contributed by atoms with E-state index in [0.29, 0.717) is 18.7 Å². The predicted molar refractivity (Wildman–Crippen MR) is 67.5 cm³/mol. The van der Waals surface area contributed by atoms with Crippen molar-refractivity contribution in [3.05, 3.63) is 32.2 Å². The Hall–Kier alpha value is -1.21. The second kappa shape index (κ2) is 4.97. The van der Waals surface area contributed by atoms with Crippen LogP contribution in [0.3, 0.4) is 0 Å². The molecule has 5 nitrogen and oxygen atoms in total. The molecular weight excluding hydrogens is 306 g/mol. The Balaban J connectivity index is 2.30. The molecule has 0 aliphatic carbocycles. The smallest absolute Gasteiger partial charge is 0.358 e. The van der Waals surface area contributed by atoms with Crippen molar-refractivity contribution < 1.29 is 9.90 Å². The number of nitrogens with zero attached hydrogens (tertiary/aromatic N) is 3. The zero-order chi connectivity index (χ0) is 12.4. The third-order valence-corrected chi connectivity index (χ3v) is 3.88. The molecule has 17 heavy (non-hydrogen) atoms. The summed E-state index contributed by atoms with van der Waals surface area (Å²) in [5, 5.41) is 18.5. The number of aromatic nitrogens is 3. The maximum Gasteiger partial charge on any atom is 0.358 e. The Morgan fingerprint density at radius 2 is 2.41 bits per heavy atom. The van der Waals surface area contributed by atoms with Crippen LogP contribution in [0.4, 0.5) is 0 Å². The number of carboxylic acid groups (broad SMARTS) is 1. The molecule has 0 radical (unpaired) electrons. The van der Waals surface area contributed by atoms with Crippen LogP contribution in [-0.4, -0.2) is 26.1 Å². The average Bonchev–Trinajstić information content (AvgIpc) is 2.85. The first-order valence-electron chi connectivity index (χ1n) is 5.00. The van der Waals surface area contributed by atoms with Gasteiger partial charge in [-0.1, -0.05) is 12.1 Å². The third kappa shape index (κ3) is 2.55. The van der Waals surface area contributed by atoms with Crippen LogP contribution < -0.4 is 0 Å². The summed E-state index contributed by atoms with van der Waals surface area (Å²) in [6, 6.07) is 1.99. The fraction of sp³-hybridized carbons (Fsp3) is 0.300. The zero-order valence-corrected chi connectivity index (χ0v) is 11.5. The molecule has 0 saturated heterocycles. The SMILES string of the molecule is CCc1c(C(=O)O)nnn1Cc1csc(Br)c1. The molecule has 2 aromatic heterocycles. The summed E-state index contributed by atoms with van der Waals surface area (Å²) in [7, 11) is 0. The first-order chi connectivity index (χ1) is 8.11. The quantitative estimate of drug-likeness (QED) is 0.940. The van der Waals surface area contributed by atoms with Crippen molar-refractivity contribution in [2.45, 2.75) is 19.9 Å². The second-order valence-corrected chi connectivity index (χ2v) is 5.75. The fourth-order valence-electron chi connectivity index (χ4n) is 1.58. The van der Waals surface area contributed by atoms with E-state index in [-0.39, 0.29) is 5.69 Å². The van der Waals surface area contributed by atoms with E-state index in [1.807, 2.05) is 18.4 Å². The van der Waals surface area contributed by atoms with Crippen molar-refractivity contribution in [3.8, 4) is 0 Å². The molecule has 0 spiro atoms. The molecule has 0 fully saturated rings. The van der Waals surface area contributed by atoms with Crippen LogP contribution in [0.1, 0.15) is 28.7 Å². The summed E-state index contributed by atoms with van der Waals surface area (Å²) in [6.07, 6.45) is 0.597. The van der Waals surface area contributed by atoms with Gasteiger partial charge in [-0.3, -0.25) is 0 Å². The number of carboxylic acids is 1. The van der Waals surface area contributed by atoms with Gasteiger partial charge in [-0.2, -0.15) is 0 Å². The lowest BCUT2D eigenvalue weighted by molar-refractivity contribution is 0.0689. The van der Waals surface area contributed by atoms with Gasteiger partial charge in [0.2, 0.25) is 0 Å². The van der Waals surface area contributed by atoms with Crippen LogP contribution in [0.15, 0.2) is 15.2 Å². The molecule has 0 amide bonds. The third-order valence-electron chi connectivity index (χ3n) is 2.33. The molecule has 0 atom stereocenters. The van der Waals surface area contributed by atoms with Gasteiger partial charge in [0.1, 0.15) is 0 Å². The van der Waals surface area contributed by atoms with Crippen molar-refractivity contribution in [2.24, 2.45) is 0 Å². The molecule has 2 aromatic rings. The molecule has 0 saturated carbocycles. The summed E-state index contributed by atoms with van der Waals surface area (Å²) < 4.78 is 2.68. The Morgan fingerprint density at radius 1 is 1.65 bits per heavy atom. The summed E-state index contributed by atoms with van der Waals surface area (Å²) >= 11 is 4.98. The van der Waals surface area contributed by atoms with Gasteiger partial charge in [0, 0.05) is 0 Å². The van der Waals surface area contributed by atoms with E-state index in [2.05, 4.69) is 26.2 Å². The normalized spacial score (nSPS) is 10.7. The highest BCUT2D eigenvalue weighted by atomic mass is 79.9. The van der Waals surface area contributed by atoms with E-state index in [0.717, 1.165) is 9.35 Å². The number of aromatic carboxylic acids is 1. The van der Waals surface area contributed by atoms with Crippen LogP contribution in [-0.2, 0) is 13.0 Å². The molecule has 0 bridgehead atoms. The number of rotatable bonds is 4. The highest BCUT2D eigenvalue weighted by Gasteiger charge is 2.17. The highest BCUT2D eigenvalue weighted by molar-refractivity contribution is 9.11. The lowest BCUT2D eigenvalue weighted by Gasteiger charge is -2.02. The topological polar surface area (TPSA) is 68.0 Å². The van der Waals surface area contributed by atoms with Crippen LogP contribution in [0.5, 0.6) is 0 Å². The molecule has 0 unspecified atom stereocenters. The first-order valence-corrected chi connectivity index (χ1v) is 6.67. The van der Waals surface area contributed by atoms with E-state index in [9.17, 15) is 4.79 Å². The van der Waals surface area contributed by atoms with E-state index in [1.54, 1.807) is 16.0 Å². The predicted octanol–water partition coefficient (Wildman–Crippen LogP) is 2.41. The molecule has 2 rings (SSSR count). The molecule has 2 heterocycles. The number of hydrogen-bond acceptors (Lipinski definition) is 4. The summed E-state index contributed by atoms with van der Waals surface area (Å²) in [6.45, 7) is 2.44. The van der Waals surface area contributed by atoms with E-state index < -0.39 is 5.97 Å². The monoisotopic (exact) mass is 315 g/mol. The van der Waals surface area contributed by atoms with Crippen molar-refractivity contribution in [1.82, 2.24) is 15.0 Å². The van der Waals surface area contributed by atoms with Crippen LogP contribution in [0.2, 0.25) is 0 Å². The van der Waals surface area contributed by atoms with Crippen LogP contribution in [0, 0.1) is 0 Å². The van der Waals surface area contributed by atoms with Gasteiger partial charge < -0.3 is 5.11 Å². The summed E-state index contributed by atoms with van der Waals surface area (Å²) in [5.74, 6) is -1.03. The standard InChI is InChI=1S/C10H10BrN3O2S/c1-2-7-9(10(15)16)12-13-14(7)4-6-3-8(11)17-5-6/h3,5H,2,4H2,1H3,(H,15,16). The van der Waals surface area contributed by atoms with Gasteiger partial charge in [0.25, 0.3) is 0 Å². The van der Waals surface area contributed by atoms with Gasteiger partial charge >= 0.3 is 5.97 Å². The minimum Gasteiger partial charge on any atom is -0.476 e. The van der Waals surface area contributed by atoms with Crippen molar-refractivity contribution in [2.75, 3.05) is 0 Å². The molecular formula is C10H10BrN3O2S. The molecule has 0 aliphatic heterocycles. The lowest BCUT2D eigenvalue weighted by atomic mass is 10.2. The average molecular weight is 316 g/mol. The maximum absolute atomic E-state index is 10.9. The van der Waals surface area contributed by atoms with Crippen LogP contribution >= 0.6 is 27.3 Å². The number of thiophene rings is 1. The fourth-order valence-corrected chi connectivity index (χ4v) is 2.78. The minimum absolute atomic E-state index is 0.0433. The molecule has 0 aromatic carbocycles. The Morgan fingerprint density at radius 3 is 2.94 bits per heavy atom. The van der Waals surface area contributed by atoms with Crippen molar-refractivity contribution in [1.29, 1.82) is 0 Å². The van der Waals surface area contributed by atoms with Gasteiger partial charge in [-0.25, -0.2) is 9.48 Å². The Kier molecular flexibility index (Phi) is 3.58. The number of carbonyl (C=O) groups is 1. The van der Waals surface area contributed by atoms with E-state index in [4.69, 9.17) is 5.11 Å². The molecule has 90 valence electrons. The molecule has 0 aliphatic rings. The van der Waals surface area contributed by atoms with Gasteiger partial charge in [0.15, 0.2) is 5.69 Å². The number of hydrogen-bond donors (Lipinski definition) is 1. The summed E-state index contributed by atoms with van der Waals surface area (Å²) in [4.78, 5) is 10.9. The zero-order valence-electron chi connectivity index (χ0n) is 9.05. The van der Waals surface area contributed by atoms with Gasteiger partial charge in [-0.15, -0.1) is 16.4 Å². The highest BCUT2D eigenvalue weighted by Crippen LogP contribution is 2.21. The molecule has 7 heteroatoms. The number of halogens is 1. The Bertz CT molecular complexity index is 549. The first kappa shape index (κ1) is 12.3. The molecule has 1 N–H and O–H groups in total. The summed E-state index contributed by atoms with van der Waals surface area (Å²) in [5.41, 5.74) is 1.78. The van der Waals surface area contributed by atoms with Gasteiger partial charge in [-0.05, 0) is 39.4 Å². The van der Waals surface area contributed by atoms with E-state index in [1.165, 1.54) is 0 Å². The van der Waals surface area contributed by atoms with Crippen LogP contribution in [0.25, 0.3) is 0 Å². The lowest BCUT2D eigenvalue weighted by Crippen LogP contribution is -2.08. The second-order valence-electron chi connectivity index (χ2n) is 3.46.